The predicted molar refractivity (Wildman–Crippen MR) is 99.5 cm³/mol. The fourth-order valence-electron chi connectivity index (χ4n) is 2.35. The fraction of sp³-hybridized carbons (Fsp3) is 0.100. The third-order valence-corrected chi connectivity index (χ3v) is 3.58. The van der Waals surface area contributed by atoms with E-state index in [1.165, 1.54) is 12.3 Å². The molecule has 3 rings (SSSR count). The molecule has 1 aromatic heterocycles. The molecule has 26 heavy (non-hydrogen) atoms. The van der Waals surface area contributed by atoms with Gasteiger partial charge in [0, 0.05) is 17.4 Å². The lowest BCUT2D eigenvalue weighted by Gasteiger charge is -2.09. The van der Waals surface area contributed by atoms with E-state index in [1.54, 1.807) is 54.6 Å². The molecule has 132 valence electrons. The number of carbonyl (C=O) groups excluding carboxylic acids is 1. The van der Waals surface area contributed by atoms with Crippen molar-refractivity contribution in [3.05, 3.63) is 78.2 Å². The fourth-order valence-corrected chi connectivity index (χ4v) is 2.35. The van der Waals surface area contributed by atoms with Crippen LogP contribution in [-0.4, -0.2) is 17.5 Å². The number of rotatable bonds is 6. The summed E-state index contributed by atoms with van der Waals surface area (Å²) < 4.78 is 19.1. The zero-order valence-corrected chi connectivity index (χ0v) is 14.2. The molecule has 1 amide bonds. The van der Waals surface area contributed by atoms with Crippen molar-refractivity contribution in [2.45, 2.75) is 6.92 Å². The number of nitrogens with zero attached hydrogens (tertiary/aromatic N) is 1. The summed E-state index contributed by atoms with van der Waals surface area (Å²) in [5.41, 5.74) is 1.36. The summed E-state index contributed by atoms with van der Waals surface area (Å²) in [6.07, 6.45) is 1.50. The summed E-state index contributed by atoms with van der Waals surface area (Å²) in [5, 5.41) is 5.68. The highest BCUT2D eigenvalue weighted by atomic mass is 19.1. The van der Waals surface area contributed by atoms with Gasteiger partial charge in [-0.05, 0) is 55.5 Å². The third-order valence-electron chi connectivity index (χ3n) is 3.58. The number of aromatic nitrogens is 1. The Balaban J connectivity index is 1.71. The molecule has 0 unspecified atom stereocenters. The van der Waals surface area contributed by atoms with Crippen molar-refractivity contribution in [1.82, 2.24) is 4.98 Å². The van der Waals surface area contributed by atoms with Crippen molar-refractivity contribution < 1.29 is 13.9 Å². The van der Waals surface area contributed by atoms with Crippen LogP contribution in [-0.2, 0) is 0 Å². The van der Waals surface area contributed by atoms with E-state index in [9.17, 15) is 9.18 Å². The maximum absolute atomic E-state index is 13.7. The van der Waals surface area contributed by atoms with Crippen molar-refractivity contribution in [1.29, 1.82) is 0 Å². The van der Waals surface area contributed by atoms with Crippen LogP contribution in [0, 0.1) is 5.82 Å². The summed E-state index contributed by atoms with van der Waals surface area (Å²) in [6.45, 7) is 2.49. The van der Waals surface area contributed by atoms with Crippen LogP contribution in [0.3, 0.4) is 0 Å². The van der Waals surface area contributed by atoms with Crippen molar-refractivity contribution in [2.24, 2.45) is 0 Å². The molecule has 0 bridgehead atoms. The van der Waals surface area contributed by atoms with Gasteiger partial charge in [-0.1, -0.05) is 12.1 Å². The van der Waals surface area contributed by atoms with E-state index in [1.807, 2.05) is 6.92 Å². The lowest BCUT2D eigenvalue weighted by atomic mass is 10.2. The molecule has 0 aliphatic carbocycles. The number of amides is 1. The predicted octanol–water partition coefficient (Wildman–Crippen LogP) is 4.62. The number of benzene rings is 2. The van der Waals surface area contributed by atoms with Gasteiger partial charge in [0.2, 0.25) is 0 Å². The number of ether oxygens (including phenoxy) is 1. The van der Waals surface area contributed by atoms with Gasteiger partial charge in [-0.15, -0.1) is 0 Å². The molecule has 1 heterocycles. The number of para-hydroxylation sites is 1. The van der Waals surface area contributed by atoms with Crippen molar-refractivity contribution in [3.63, 3.8) is 0 Å². The minimum absolute atomic E-state index is 0.284. The molecule has 0 aliphatic heterocycles. The SMILES string of the molecule is CCOc1ccc(NC(=O)c2ccnc(Nc3ccccc3F)c2)cc1. The molecular weight excluding hydrogens is 333 g/mol. The summed E-state index contributed by atoms with van der Waals surface area (Å²) in [6, 6.07) is 16.5. The molecule has 2 aromatic carbocycles. The molecule has 0 radical (unpaired) electrons. The second kappa shape index (κ2) is 8.11. The Morgan fingerprint density at radius 2 is 1.88 bits per heavy atom. The van der Waals surface area contributed by atoms with Gasteiger partial charge in [0.05, 0.1) is 12.3 Å². The summed E-state index contributed by atoms with van der Waals surface area (Å²) in [5.74, 6) is 0.451. The van der Waals surface area contributed by atoms with Crippen LogP contribution in [0.25, 0.3) is 0 Å². The highest BCUT2D eigenvalue weighted by Gasteiger charge is 2.09. The van der Waals surface area contributed by atoms with E-state index < -0.39 is 5.82 Å². The maximum atomic E-state index is 13.7. The molecule has 0 saturated carbocycles. The van der Waals surface area contributed by atoms with E-state index in [-0.39, 0.29) is 5.91 Å². The van der Waals surface area contributed by atoms with Crippen LogP contribution in [0.2, 0.25) is 0 Å². The molecule has 0 saturated heterocycles. The Hall–Kier alpha value is -3.41. The topological polar surface area (TPSA) is 63.2 Å². The molecule has 2 N–H and O–H groups in total. The third kappa shape index (κ3) is 4.36. The highest BCUT2D eigenvalue weighted by molar-refractivity contribution is 6.04. The van der Waals surface area contributed by atoms with Gasteiger partial charge in [-0.3, -0.25) is 4.79 Å². The van der Waals surface area contributed by atoms with E-state index in [0.717, 1.165) is 5.75 Å². The smallest absolute Gasteiger partial charge is 0.255 e. The van der Waals surface area contributed by atoms with Crippen LogP contribution in [0.15, 0.2) is 66.9 Å². The number of halogens is 1. The van der Waals surface area contributed by atoms with Gasteiger partial charge in [-0.25, -0.2) is 9.37 Å². The van der Waals surface area contributed by atoms with Crippen molar-refractivity contribution in [3.8, 4) is 5.75 Å². The Morgan fingerprint density at radius 3 is 2.62 bits per heavy atom. The first-order valence-electron chi connectivity index (χ1n) is 8.17. The lowest BCUT2D eigenvalue weighted by Crippen LogP contribution is -2.12. The standard InChI is InChI=1S/C20H18FN3O2/c1-2-26-16-9-7-15(8-10-16)23-20(25)14-11-12-22-19(13-14)24-18-6-4-3-5-17(18)21/h3-13H,2H2,1H3,(H,22,24)(H,23,25). The number of pyridine rings is 1. The van der Waals surface area contributed by atoms with E-state index in [0.29, 0.717) is 29.4 Å². The minimum atomic E-state index is -0.390. The Labute approximate surface area is 150 Å². The normalized spacial score (nSPS) is 10.2. The Bertz CT molecular complexity index is 898. The van der Waals surface area contributed by atoms with E-state index >= 15 is 0 Å². The molecule has 0 aliphatic rings. The molecule has 3 aromatic rings. The first-order chi connectivity index (χ1) is 12.7. The van der Waals surface area contributed by atoms with E-state index in [2.05, 4.69) is 15.6 Å². The van der Waals surface area contributed by atoms with Gasteiger partial charge >= 0.3 is 0 Å². The number of nitrogens with one attached hydrogen (secondary N) is 2. The van der Waals surface area contributed by atoms with Crippen molar-refractivity contribution >= 4 is 23.1 Å². The maximum Gasteiger partial charge on any atom is 0.255 e. The lowest BCUT2D eigenvalue weighted by molar-refractivity contribution is 0.102. The monoisotopic (exact) mass is 351 g/mol. The van der Waals surface area contributed by atoms with Gasteiger partial charge < -0.3 is 15.4 Å². The van der Waals surface area contributed by atoms with Gasteiger partial charge in [0.15, 0.2) is 0 Å². The second-order valence-corrected chi connectivity index (χ2v) is 5.45. The minimum Gasteiger partial charge on any atom is -0.494 e. The second-order valence-electron chi connectivity index (χ2n) is 5.45. The molecule has 0 atom stereocenters. The van der Waals surface area contributed by atoms with Crippen LogP contribution < -0.4 is 15.4 Å². The first kappa shape index (κ1) is 17.4. The average molecular weight is 351 g/mol. The van der Waals surface area contributed by atoms with Crippen LogP contribution in [0.4, 0.5) is 21.6 Å². The quantitative estimate of drug-likeness (QED) is 0.680. The highest BCUT2D eigenvalue weighted by Crippen LogP contribution is 2.20. The average Bonchev–Trinajstić information content (AvgIpc) is 2.66. The summed E-state index contributed by atoms with van der Waals surface area (Å²) in [7, 11) is 0. The number of hydrogen-bond donors (Lipinski definition) is 2. The number of anilines is 3. The zero-order chi connectivity index (χ0) is 18.4. The molecule has 5 nitrogen and oxygen atoms in total. The zero-order valence-electron chi connectivity index (χ0n) is 14.2. The molecule has 6 heteroatoms. The van der Waals surface area contributed by atoms with Crippen molar-refractivity contribution in [2.75, 3.05) is 17.2 Å². The van der Waals surface area contributed by atoms with Crippen LogP contribution >= 0.6 is 0 Å². The molecular formula is C20H18FN3O2. The van der Waals surface area contributed by atoms with Crippen LogP contribution in [0.1, 0.15) is 17.3 Å². The van der Waals surface area contributed by atoms with Crippen LogP contribution in [0.5, 0.6) is 5.75 Å². The van der Waals surface area contributed by atoms with E-state index in [4.69, 9.17) is 4.74 Å². The van der Waals surface area contributed by atoms with Gasteiger partial charge in [-0.2, -0.15) is 0 Å². The molecule has 0 spiro atoms. The van der Waals surface area contributed by atoms with Gasteiger partial charge in [0.25, 0.3) is 5.91 Å². The first-order valence-corrected chi connectivity index (χ1v) is 8.17. The summed E-state index contributed by atoms with van der Waals surface area (Å²) >= 11 is 0. The largest absolute Gasteiger partial charge is 0.494 e. The Kier molecular flexibility index (Phi) is 5.43. The number of hydrogen-bond acceptors (Lipinski definition) is 4. The van der Waals surface area contributed by atoms with Gasteiger partial charge in [0.1, 0.15) is 17.4 Å². The summed E-state index contributed by atoms with van der Waals surface area (Å²) in [4.78, 5) is 16.5. The molecule has 0 fully saturated rings. The Morgan fingerprint density at radius 1 is 1.12 bits per heavy atom. The number of carbonyl (C=O) groups is 1.